The molecule has 0 spiro atoms. The van der Waals surface area contributed by atoms with Gasteiger partial charge in [-0.05, 0) is 49.0 Å². The zero-order valence-electron chi connectivity index (χ0n) is 88.4. The van der Waals surface area contributed by atoms with Gasteiger partial charge in [0.2, 0.25) is 41.4 Å². The third-order valence-electron chi connectivity index (χ3n) is 22.6. The van der Waals surface area contributed by atoms with Gasteiger partial charge in [-0.2, -0.15) is 0 Å². The van der Waals surface area contributed by atoms with Gasteiger partial charge < -0.3 is 169 Å². The van der Waals surface area contributed by atoms with Crippen molar-refractivity contribution in [3.8, 4) is 12.3 Å². The number of aliphatic hydroxyl groups is 1. The zero-order chi connectivity index (χ0) is 105. The Hall–Kier alpha value is -7.03. The lowest BCUT2D eigenvalue weighted by molar-refractivity contribution is -0.149. The van der Waals surface area contributed by atoms with Crippen molar-refractivity contribution in [3.05, 3.63) is 35.9 Å². The van der Waals surface area contributed by atoms with E-state index < -0.39 is 108 Å². The number of likely N-dealkylation sites (tertiary alicyclic amines) is 1. The molecule has 5 N–H and O–H groups in total. The van der Waals surface area contributed by atoms with Crippen molar-refractivity contribution < 1.29 is 171 Å². The maximum absolute atomic E-state index is 14.9. The quantitative estimate of drug-likeness (QED) is 0.0352. The Morgan fingerprint density at radius 2 is 0.792 bits per heavy atom. The first-order valence-corrected chi connectivity index (χ1v) is 50.8. The van der Waals surface area contributed by atoms with E-state index in [2.05, 4.69) is 21.3 Å². The highest BCUT2D eigenvalue weighted by molar-refractivity contribution is 5.95. The standard InChI is InChI=1S/C100H178N8O36/c1-15-81(7)94(87(119-12)78-91(113)108-27-20-23-86(108)95(120-13)82(8)96(114)103-85(100(118)121-14)77-84-21-18-17-19-22-84)106(11)99(117)92(79(3)4)104-97(115)93(80(5)6)105(10)98(116)83(9)102-89(111)25-29-107(90(112)16-2)28-24-88(110)101-26-31-122-33-35-124-37-39-126-41-43-128-45-47-130-49-51-132-53-55-134-57-59-136-61-63-138-65-67-140-69-71-142-73-75-144-76-74-143-72-70-141-68-66-139-64-62-137-60-58-135-56-54-133-52-50-131-48-46-129-44-42-127-40-38-125-36-34-123-32-30-109/h2,17-19,21-22,79-83,85-87,92-95,109H,15,20,23-78H2,1,3-14H3,(H,101,110)(H,102,111)(H,103,114)(H,104,115)/t81-,82+,83-,85?,86-,87+,92-,93-,94-,95+/m0/s1. The number of likely N-dealkylation sites (N-methyl/N-ethyl adjacent to an activating group) is 2. The highest BCUT2D eigenvalue weighted by atomic mass is 16.6. The minimum absolute atomic E-state index is 0.00912. The molecule has 10 atom stereocenters. The normalized spacial score (nSPS) is 14.5. The molecule has 2 rings (SSSR count). The summed E-state index contributed by atoms with van der Waals surface area (Å²) in [4.78, 5) is 129. The molecule has 1 saturated heterocycles. The van der Waals surface area contributed by atoms with E-state index in [0.717, 1.165) is 5.56 Å². The van der Waals surface area contributed by atoms with E-state index in [1.807, 2.05) is 50.1 Å². The van der Waals surface area contributed by atoms with Crippen LogP contribution in [0.4, 0.5) is 0 Å². The Morgan fingerprint density at radius 1 is 0.438 bits per heavy atom. The van der Waals surface area contributed by atoms with Gasteiger partial charge in [-0.1, -0.05) is 85.2 Å². The van der Waals surface area contributed by atoms with Crippen LogP contribution in [-0.2, 0) is 173 Å². The predicted octanol–water partition coefficient (Wildman–Crippen LogP) is 1.67. The summed E-state index contributed by atoms with van der Waals surface area (Å²) in [6.45, 7) is 34.5. The molecule has 0 saturated carbocycles. The third kappa shape index (κ3) is 65.7. The molecule has 1 aromatic carbocycles. The van der Waals surface area contributed by atoms with Gasteiger partial charge in [0.15, 0.2) is 0 Å². The second kappa shape index (κ2) is 91.0. The average molecular weight is 2070 g/mol. The molecule has 44 heteroatoms. The van der Waals surface area contributed by atoms with Gasteiger partial charge in [0, 0.05) is 73.8 Å². The van der Waals surface area contributed by atoms with E-state index in [0.29, 0.717) is 317 Å². The summed E-state index contributed by atoms with van der Waals surface area (Å²) >= 11 is 0. The molecule has 144 heavy (non-hydrogen) atoms. The maximum atomic E-state index is 14.9. The van der Waals surface area contributed by atoms with Crippen LogP contribution in [0.15, 0.2) is 30.3 Å². The highest BCUT2D eigenvalue weighted by Gasteiger charge is 2.45. The second-order valence-electron chi connectivity index (χ2n) is 34.1. The van der Waals surface area contributed by atoms with Crippen LogP contribution in [-0.4, -0.2) is 499 Å². The molecular formula is C100H178N8O36. The van der Waals surface area contributed by atoms with E-state index in [1.165, 1.54) is 50.0 Å². The fraction of sp³-hybridized carbons (Fsp3) is 0.830. The summed E-state index contributed by atoms with van der Waals surface area (Å²) in [5, 5.41) is 19.8. The molecule has 1 aromatic rings. The largest absolute Gasteiger partial charge is 0.467 e. The number of carbonyl (C=O) groups is 9. The highest BCUT2D eigenvalue weighted by Crippen LogP contribution is 2.30. The van der Waals surface area contributed by atoms with Crippen molar-refractivity contribution in [2.45, 2.75) is 149 Å². The van der Waals surface area contributed by atoms with Crippen LogP contribution < -0.4 is 21.3 Å². The number of aliphatic hydroxyl groups excluding tert-OH is 1. The molecule has 0 radical (unpaired) electrons. The van der Waals surface area contributed by atoms with Crippen LogP contribution >= 0.6 is 0 Å². The lowest BCUT2D eigenvalue weighted by atomic mass is 9.89. The molecule has 0 aliphatic carbocycles. The fourth-order valence-corrected chi connectivity index (χ4v) is 14.7. The average Bonchev–Trinajstić information content (AvgIpc) is 1.78. The van der Waals surface area contributed by atoms with Gasteiger partial charge in [-0.15, -0.1) is 6.42 Å². The van der Waals surface area contributed by atoms with E-state index >= 15 is 0 Å². The number of hydrogen-bond donors (Lipinski definition) is 5. The predicted molar refractivity (Wildman–Crippen MR) is 530 cm³/mol. The number of carbonyl (C=O) groups excluding carboxylic acids is 9. The first-order valence-electron chi connectivity index (χ1n) is 50.8. The van der Waals surface area contributed by atoms with Gasteiger partial charge in [0.05, 0.1) is 354 Å². The van der Waals surface area contributed by atoms with Gasteiger partial charge >= 0.3 is 5.97 Å². The number of amides is 8. The zero-order valence-corrected chi connectivity index (χ0v) is 88.4. The molecule has 1 fully saturated rings. The Balaban J connectivity index is 1.43. The van der Waals surface area contributed by atoms with Crippen molar-refractivity contribution in [1.82, 2.24) is 40.9 Å². The lowest BCUT2D eigenvalue weighted by Gasteiger charge is -2.41. The Bertz CT molecular complexity index is 3410. The SMILES string of the molecule is C#CC(=O)N(CCC(=O)NCCOCCOCCOCCOCCOCCOCCOCCOCCOCCOCCOCCOCCOCCOCCOCCOCCOCCOCCOCCOCCOCCOCCOCCO)CCC(=O)N[C@@H](C)C(=O)N(C)[C@H](C(=O)N[C@H](C(=O)N(C)[C@@H]([C@@H](C)CC)[C@@H](CC(=O)N1CCC[C@H]1[C@H](OC)[C@@H](C)C(=O)NC(Cc1ccccc1)C(=O)OC)OC)C(C)C)C(C)C. The van der Waals surface area contributed by atoms with Gasteiger partial charge in [0.25, 0.3) is 5.91 Å². The Kier molecular flexibility index (Phi) is 84.1. The minimum atomic E-state index is -1.14. The van der Waals surface area contributed by atoms with E-state index in [9.17, 15) is 43.2 Å². The van der Waals surface area contributed by atoms with Crippen LogP contribution in [0.1, 0.15) is 99.5 Å². The first kappa shape index (κ1) is 133. The molecule has 834 valence electrons. The van der Waals surface area contributed by atoms with Crippen molar-refractivity contribution in [2.75, 3.05) is 372 Å². The fourth-order valence-electron chi connectivity index (χ4n) is 14.7. The topological polar surface area (TPSA) is 475 Å². The monoisotopic (exact) mass is 2070 g/mol. The summed E-state index contributed by atoms with van der Waals surface area (Å²) in [6.07, 6.45) is 5.38. The molecule has 0 bridgehead atoms. The number of nitrogens with zero attached hydrogens (tertiary/aromatic N) is 4. The first-order chi connectivity index (χ1) is 69.9. The summed E-state index contributed by atoms with van der Waals surface area (Å²) in [5.74, 6) is -4.58. The van der Waals surface area contributed by atoms with Crippen molar-refractivity contribution in [2.24, 2.45) is 23.7 Å². The lowest BCUT2D eigenvalue weighted by Crippen LogP contribution is -2.61. The summed E-state index contributed by atoms with van der Waals surface area (Å²) < 4.78 is 144. The number of hydrogen-bond acceptors (Lipinski definition) is 36. The van der Waals surface area contributed by atoms with E-state index in [-0.39, 0.29) is 82.9 Å². The van der Waals surface area contributed by atoms with Crippen molar-refractivity contribution in [1.29, 1.82) is 0 Å². The minimum Gasteiger partial charge on any atom is -0.467 e. The van der Waals surface area contributed by atoms with Crippen LogP contribution in [0, 0.1) is 36.0 Å². The summed E-state index contributed by atoms with van der Waals surface area (Å²) in [6, 6.07) is 3.79. The van der Waals surface area contributed by atoms with Crippen LogP contribution in [0.25, 0.3) is 0 Å². The number of rotatable bonds is 100. The van der Waals surface area contributed by atoms with Crippen LogP contribution in [0.2, 0.25) is 0 Å². The summed E-state index contributed by atoms with van der Waals surface area (Å²) in [7, 11) is 7.29. The Labute approximate surface area is 854 Å². The molecule has 0 aromatic heterocycles. The molecule has 1 aliphatic heterocycles. The van der Waals surface area contributed by atoms with Gasteiger partial charge in [0.1, 0.15) is 24.2 Å². The molecule has 1 unspecified atom stereocenters. The second-order valence-corrected chi connectivity index (χ2v) is 34.1. The molecular weight excluding hydrogens is 1890 g/mol. The molecule has 1 aliphatic rings. The van der Waals surface area contributed by atoms with Gasteiger partial charge in [-0.3, -0.25) is 38.4 Å². The number of benzene rings is 1. The van der Waals surface area contributed by atoms with Crippen molar-refractivity contribution >= 4 is 53.2 Å². The number of terminal acetylenes is 1. The molecule has 44 nitrogen and oxygen atoms in total. The third-order valence-corrected chi connectivity index (χ3v) is 22.6. The Morgan fingerprint density at radius 3 is 1.11 bits per heavy atom. The van der Waals surface area contributed by atoms with Crippen LogP contribution in [0.3, 0.4) is 0 Å². The number of ether oxygens (including phenoxy) is 26. The number of methoxy groups -OCH3 is 3. The van der Waals surface area contributed by atoms with E-state index in [4.69, 9.17) is 135 Å². The molecule has 1 heterocycles. The smallest absolute Gasteiger partial charge is 0.328 e. The van der Waals surface area contributed by atoms with Crippen molar-refractivity contribution in [3.63, 3.8) is 0 Å². The number of esters is 1. The maximum Gasteiger partial charge on any atom is 0.328 e. The molecule has 8 amide bonds. The van der Waals surface area contributed by atoms with Gasteiger partial charge in [-0.25, -0.2) is 4.79 Å². The van der Waals surface area contributed by atoms with E-state index in [1.54, 1.807) is 46.6 Å². The number of nitrogens with one attached hydrogen (secondary N) is 4. The summed E-state index contributed by atoms with van der Waals surface area (Å²) in [5.41, 5.74) is 0.829. The van der Waals surface area contributed by atoms with Crippen LogP contribution in [0.5, 0.6) is 0 Å².